The molecule has 0 saturated heterocycles. The van der Waals surface area contributed by atoms with E-state index in [1.165, 1.54) is 4.88 Å². The average Bonchev–Trinajstić information content (AvgIpc) is 3.08. The molecule has 0 bridgehead atoms. The highest BCUT2D eigenvalue weighted by molar-refractivity contribution is 7.09. The van der Waals surface area contributed by atoms with Gasteiger partial charge in [0, 0.05) is 29.6 Å². The van der Waals surface area contributed by atoms with Gasteiger partial charge in [0.25, 0.3) is 5.91 Å². The third kappa shape index (κ3) is 2.63. The van der Waals surface area contributed by atoms with Crippen molar-refractivity contribution < 1.29 is 4.79 Å². The summed E-state index contributed by atoms with van der Waals surface area (Å²) in [5.74, 6) is -0.0685. The number of rotatable bonds is 4. The lowest BCUT2D eigenvalue weighted by Gasteiger charge is -2.04. The third-order valence-electron chi connectivity index (χ3n) is 2.82. The number of hydrogen-bond donors (Lipinski definition) is 2. The van der Waals surface area contributed by atoms with Crippen LogP contribution >= 0.6 is 11.3 Å². The maximum Gasteiger partial charge on any atom is 0.251 e. The number of carbonyl (C=O) groups is 1. The summed E-state index contributed by atoms with van der Waals surface area (Å²) in [6.07, 6.45) is 4.26. The second kappa shape index (κ2) is 5.19. The number of imidazole rings is 1. The molecule has 0 aliphatic carbocycles. The van der Waals surface area contributed by atoms with E-state index in [4.69, 9.17) is 0 Å². The number of amides is 1. The summed E-state index contributed by atoms with van der Waals surface area (Å²) >= 11 is 1.60. The molecular formula is C13H12N4OS. The van der Waals surface area contributed by atoms with Gasteiger partial charge in [-0.15, -0.1) is 11.3 Å². The van der Waals surface area contributed by atoms with Gasteiger partial charge in [-0.3, -0.25) is 9.78 Å². The molecule has 0 aliphatic rings. The molecule has 1 amide bonds. The summed E-state index contributed by atoms with van der Waals surface area (Å²) in [5.41, 5.74) is 4.17. The molecule has 0 radical (unpaired) electrons. The largest absolute Gasteiger partial charge is 0.352 e. The molecule has 3 aromatic rings. The third-order valence-corrected chi connectivity index (χ3v) is 3.66. The van der Waals surface area contributed by atoms with Gasteiger partial charge in [-0.25, -0.2) is 4.98 Å². The summed E-state index contributed by atoms with van der Waals surface area (Å²) in [4.78, 5) is 24.3. The maximum absolute atomic E-state index is 12.0. The van der Waals surface area contributed by atoms with Crippen molar-refractivity contribution in [1.82, 2.24) is 20.3 Å². The minimum Gasteiger partial charge on any atom is -0.352 e. The lowest BCUT2D eigenvalue weighted by Crippen LogP contribution is -2.25. The summed E-state index contributed by atoms with van der Waals surface area (Å²) < 4.78 is 0. The predicted molar refractivity (Wildman–Crippen MR) is 74.2 cm³/mol. The fourth-order valence-electron chi connectivity index (χ4n) is 1.84. The van der Waals surface area contributed by atoms with E-state index in [9.17, 15) is 4.79 Å². The SMILES string of the molecule is O=C(NCCc1cncs1)c1ccc2nc[nH]c2c1. The van der Waals surface area contributed by atoms with Crippen LogP contribution in [0.1, 0.15) is 15.2 Å². The fraction of sp³-hybridized carbons (Fsp3) is 0.154. The van der Waals surface area contributed by atoms with Gasteiger partial charge in [-0.05, 0) is 18.2 Å². The van der Waals surface area contributed by atoms with Crippen LogP contribution in [0, 0.1) is 0 Å². The molecular weight excluding hydrogens is 260 g/mol. The van der Waals surface area contributed by atoms with Crippen LogP contribution in [-0.4, -0.2) is 27.4 Å². The topological polar surface area (TPSA) is 70.7 Å². The number of fused-ring (bicyclic) bond motifs is 1. The van der Waals surface area contributed by atoms with Gasteiger partial charge in [0.1, 0.15) is 0 Å². The molecule has 3 rings (SSSR count). The van der Waals surface area contributed by atoms with Crippen molar-refractivity contribution >= 4 is 28.3 Å². The van der Waals surface area contributed by atoms with Crippen molar-refractivity contribution in [3.05, 3.63) is 46.7 Å². The first-order valence-electron chi connectivity index (χ1n) is 5.91. The summed E-state index contributed by atoms with van der Waals surface area (Å²) in [6.45, 7) is 0.613. The molecule has 6 heteroatoms. The zero-order valence-corrected chi connectivity index (χ0v) is 10.9. The van der Waals surface area contributed by atoms with E-state index in [0.717, 1.165) is 17.5 Å². The quantitative estimate of drug-likeness (QED) is 0.763. The average molecular weight is 272 g/mol. The molecule has 2 heterocycles. The number of thiazole rings is 1. The Bertz CT molecular complexity index is 690. The highest BCUT2D eigenvalue weighted by Gasteiger charge is 2.07. The molecule has 5 nitrogen and oxygen atoms in total. The molecule has 0 atom stereocenters. The molecule has 0 fully saturated rings. The number of nitrogens with zero attached hydrogens (tertiary/aromatic N) is 2. The Morgan fingerprint density at radius 2 is 2.37 bits per heavy atom. The van der Waals surface area contributed by atoms with Crippen LogP contribution in [0.4, 0.5) is 0 Å². The fourth-order valence-corrected chi connectivity index (χ4v) is 2.44. The van der Waals surface area contributed by atoms with Crippen molar-refractivity contribution in [1.29, 1.82) is 0 Å². The highest BCUT2D eigenvalue weighted by Crippen LogP contribution is 2.11. The number of nitrogens with one attached hydrogen (secondary N) is 2. The maximum atomic E-state index is 12.0. The van der Waals surface area contributed by atoms with Gasteiger partial charge in [0.15, 0.2) is 0 Å². The number of hydrogen-bond acceptors (Lipinski definition) is 4. The van der Waals surface area contributed by atoms with Crippen LogP contribution < -0.4 is 5.32 Å². The van der Waals surface area contributed by atoms with E-state index < -0.39 is 0 Å². The van der Waals surface area contributed by atoms with Crippen LogP contribution in [0.3, 0.4) is 0 Å². The molecule has 0 aliphatic heterocycles. The molecule has 1 aromatic carbocycles. The Labute approximate surface area is 113 Å². The molecule has 2 N–H and O–H groups in total. The van der Waals surface area contributed by atoms with Gasteiger partial charge in [0.2, 0.25) is 0 Å². The number of aromatic amines is 1. The van der Waals surface area contributed by atoms with Crippen molar-refractivity contribution in [3.8, 4) is 0 Å². The number of benzene rings is 1. The van der Waals surface area contributed by atoms with Crippen LogP contribution in [0.5, 0.6) is 0 Å². The molecule has 0 unspecified atom stereocenters. The molecule has 2 aromatic heterocycles. The van der Waals surface area contributed by atoms with Gasteiger partial charge in [0.05, 0.1) is 22.9 Å². The van der Waals surface area contributed by atoms with Crippen molar-refractivity contribution in [3.63, 3.8) is 0 Å². The number of H-pyrrole nitrogens is 1. The van der Waals surface area contributed by atoms with Crippen molar-refractivity contribution in [2.24, 2.45) is 0 Å². The summed E-state index contributed by atoms with van der Waals surface area (Å²) in [7, 11) is 0. The lowest BCUT2D eigenvalue weighted by molar-refractivity contribution is 0.0954. The molecule has 0 spiro atoms. The Hall–Kier alpha value is -2.21. The molecule has 96 valence electrons. The number of aromatic nitrogens is 3. The van der Waals surface area contributed by atoms with E-state index in [0.29, 0.717) is 12.1 Å². The molecule has 0 saturated carbocycles. The van der Waals surface area contributed by atoms with E-state index in [2.05, 4.69) is 20.3 Å². The van der Waals surface area contributed by atoms with E-state index >= 15 is 0 Å². The lowest BCUT2D eigenvalue weighted by atomic mass is 10.2. The van der Waals surface area contributed by atoms with E-state index in [-0.39, 0.29) is 5.91 Å². The monoisotopic (exact) mass is 272 g/mol. The van der Waals surface area contributed by atoms with Crippen LogP contribution in [0.15, 0.2) is 36.2 Å². The normalized spacial score (nSPS) is 10.7. The van der Waals surface area contributed by atoms with Gasteiger partial charge >= 0.3 is 0 Å². The van der Waals surface area contributed by atoms with Crippen molar-refractivity contribution in [2.45, 2.75) is 6.42 Å². The van der Waals surface area contributed by atoms with Crippen LogP contribution in [0.2, 0.25) is 0 Å². The highest BCUT2D eigenvalue weighted by atomic mass is 32.1. The van der Waals surface area contributed by atoms with E-state index in [1.807, 2.05) is 18.3 Å². The zero-order chi connectivity index (χ0) is 13.1. The van der Waals surface area contributed by atoms with Gasteiger partial charge in [-0.1, -0.05) is 0 Å². The summed E-state index contributed by atoms with van der Waals surface area (Å²) in [6, 6.07) is 5.43. The second-order valence-corrected chi connectivity index (χ2v) is 5.08. The zero-order valence-electron chi connectivity index (χ0n) is 10.1. The van der Waals surface area contributed by atoms with Crippen LogP contribution in [-0.2, 0) is 6.42 Å². The van der Waals surface area contributed by atoms with E-state index in [1.54, 1.807) is 29.2 Å². The first-order valence-corrected chi connectivity index (χ1v) is 6.79. The standard InChI is InChI=1S/C13H12N4OS/c18-13(15-4-3-10-6-14-8-19-10)9-1-2-11-12(5-9)17-7-16-11/h1-2,5-8H,3-4H2,(H,15,18)(H,16,17). The first kappa shape index (κ1) is 11.9. The minimum atomic E-state index is -0.0685. The Balaban J connectivity index is 1.63. The molecule has 19 heavy (non-hydrogen) atoms. The minimum absolute atomic E-state index is 0.0685. The second-order valence-electron chi connectivity index (χ2n) is 4.11. The predicted octanol–water partition coefficient (Wildman–Crippen LogP) is 1.99. The van der Waals surface area contributed by atoms with Gasteiger partial charge in [-0.2, -0.15) is 0 Å². The van der Waals surface area contributed by atoms with Crippen molar-refractivity contribution in [2.75, 3.05) is 6.54 Å². The Morgan fingerprint density at radius 3 is 3.21 bits per heavy atom. The Morgan fingerprint density at radius 1 is 1.42 bits per heavy atom. The summed E-state index contributed by atoms with van der Waals surface area (Å²) in [5, 5.41) is 2.90. The first-order chi connectivity index (χ1) is 9.33. The van der Waals surface area contributed by atoms with Crippen LogP contribution in [0.25, 0.3) is 11.0 Å². The Kier molecular flexibility index (Phi) is 3.24. The van der Waals surface area contributed by atoms with Gasteiger partial charge < -0.3 is 10.3 Å². The number of carbonyl (C=O) groups excluding carboxylic acids is 1. The smallest absolute Gasteiger partial charge is 0.251 e.